The van der Waals surface area contributed by atoms with Crippen LogP contribution in [0.3, 0.4) is 0 Å². The number of benzene rings is 1. The summed E-state index contributed by atoms with van der Waals surface area (Å²) < 4.78 is 50.0. The fourth-order valence-electron chi connectivity index (χ4n) is 2.67. The molecule has 6 nitrogen and oxygen atoms in total. The molecule has 1 aliphatic heterocycles. The molecule has 0 saturated heterocycles. The van der Waals surface area contributed by atoms with Gasteiger partial charge in [0, 0.05) is 25.9 Å². The number of allylic oxidation sites excluding steroid dienone is 2. The van der Waals surface area contributed by atoms with Crippen LogP contribution >= 0.6 is 16.1 Å². The van der Waals surface area contributed by atoms with E-state index in [4.69, 9.17) is 9.47 Å². The number of hydrogen-bond acceptors (Lipinski definition) is 6. The molecule has 0 spiro atoms. The minimum absolute atomic E-state index is 0.0831. The SMILES string of the molecule is COC=C(C(=O)OC)c1ccccc1CC(=O)C1=CN(C)C=C(C(F)(F)F)N1Br. The van der Waals surface area contributed by atoms with Crippen LogP contribution in [0.4, 0.5) is 13.2 Å². The largest absolute Gasteiger partial charge is 0.503 e. The zero-order valence-corrected chi connectivity index (χ0v) is 17.4. The van der Waals surface area contributed by atoms with Gasteiger partial charge < -0.3 is 14.4 Å². The Balaban J connectivity index is 2.37. The summed E-state index contributed by atoms with van der Waals surface area (Å²) in [4.78, 5) is 26.1. The highest BCUT2D eigenvalue weighted by molar-refractivity contribution is 9.07. The number of hydrogen-bond donors (Lipinski definition) is 0. The average molecular weight is 475 g/mol. The van der Waals surface area contributed by atoms with Gasteiger partial charge in [-0.05, 0) is 11.1 Å². The lowest BCUT2D eigenvalue weighted by Crippen LogP contribution is -2.33. The molecular weight excluding hydrogens is 457 g/mol. The number of ether oxygens (including phenoxy) is 2. The quantitative estimate of drug-likeness (QED) is 0.270. The normalized spacial score (nSPS) is 14.9. The minimum atomic E-state index is -4.66. The second-order valence-electron chi connectivity index (χ2n) is 5.99. The molecule has 10 heteroatoms. The number of nitrogens with zero attached hydrogens (tertiary/aromatic N) is 2. The molecule has 0 radical (unpaired) electrons. The number of Topliss-reactive ketones (excluding diaryl/α,β-unsaturated/α-hetero) is 1. The summed E-state index contributed by atoms with van der Waals surface area (Å²) >= 11 is 2.83. The van der Waals surface area contributed by atoms with Crippen molar-refractivity contribution in [2.75, 3.05) is 21.3 Å². The van der Waals surface area contributed by atoms with Crippen LogP contribution in [0.25, 0.3) is 5.57 Å². The highest BCUT2D eigenvalue weighted by Crippen LogP contribution is 2.36. The number of carbonyl (C=O) groups is 2. The van der Waals surface area contributed by atoms with Crippen LogP contribution in [0.2, 0.25) is 0 Å². The van der Waals surface area contributed by atoms with Gasteiger partial charge >= 0.3 is 12.1 Å². The molecule has 1 heterocycles. The van der Waals surface area contributed by atoms with Crippen molar-refractivity contribution in [3.05, 3.63) is 65.4 Å². The van der Waals surface area contributed by atoms with Gasteiger partial charge in [0.05, 0.1) is 36.6 Å². The maximum Gasteiger partial charge on any atom is 0.433 e. The fraction of sp³-hybridized carbons (Fsp3) is 0.263. The van der Waals surface area contributed by atoms with Gasteiger partial charge in [0.1, 0.15) is 11.3 Å². The number of rotatable bonds is 6. The molecule has 0 aromatic heterocycles. The van der Waals surface area contributed by atoms with E-state index in [1.807, 2.05) is 0 Å². The molecule has 1 aromatic rings. The van der Waals surface area contributed by atoms with E-state index in [1.165, 1.54) is 33.7 Å². The first-order valence-electron chi connectivity index (χ1n) is 8.21. The van der Waals surface area contributed by atoms with Crippen LogP contribution in [0.5, 0.6) is 0 Å². The van der Waals surface area contributed by atoms with Gasteiger partial charge in [0.15, 0.2) is 11.5 Å². The van der Waals surface area contributed by atoms with Crippen molar-refractivity contribution in [2.24, 2.45) is 0 Å². The van der Waals surface area contributed by atoms with E-state index in [-0.39, 0.29) is 17.7 Å². The molecule has 0 aliphatic carbocycles. The Labute approximate surface area is 174 Å². The van der Waals surface area contributed by atoms with Crippen molar-refractivity contribution < 1.29 is 32.2 Å². The van der Waals surface area contributed by atoms with Crippen molar-refractivity contribution in [2.45, 2.75) is 12.6 Å². The molecule has 1 aliphatic rings. The van der Waals surface area contributed by atoms with E-state index in [0.717, 1.165) is 11.1 Å². The van der Waals surface area contributed by atoms with Crippen LogP contribution in [0.1, 0.15) is 11.1 Å². The Morgan fingerprint density at radius 3 is 2.41 bits per heavy atom. The molecule has 0 atom stereocenters. The van der Waals surface area contributed by atoms with Crippen molar-refractivity contribution in [3.8, 4) is 0 Å². The van der Waals surface area contributed by atoms with Crippen LogP contribution in [-0.2, 0) is 25.5 Å². The third kappa shape index (κ3) is 5.20. The zero-order chi connectivity index (χ0) is 21.8. The maximum absolute atomic E-state index is 13.2. The summed E-state index contributed by atoms with van der Waals surface area (Å²) in [5.74, 6) is -1.26. The number of esters is 1. The van der Waals surface area contributed by atoms with Crippen LogP contribution in [0.15, 0.2) is 54.3 Å². The summed E-state index contributed by atoms with van der Waals surface area (Å²) in [6.45, 7) is 0. The summed E-state index contributed by atoms with van der Waals surface area (Å²) in [6, 6.07) is 6.51. The predicted molar refractivity (Wildman–Crippen MR) is 103 cm³/mol. The Morgan fingerprint density at radius 2 is 1.83 bits per heavy atom. The monoisotopic (exact) mass is 474 g/mol. The second-order valence-corrected chi connectivity index (χ2v) is 6.70. The van der Waals surface area contributed by atoms with Crippen molar-refractivity contribution >= 4 is 33.5 Å². The highest BCUT2D eigenvalue weighted by Gasteiger charge is 2.41. The summed E-state index contributed by atoms with van der Waals surface area (Å²) in [5, 5.41) is 0. The predicted octanol–water partition coefficient (Wildman–Crippen LogP) is 3.76. The minimum Gasteiger partial charge on any atom is -0.503 e. The van der Waals surface area contributed by atoms with Gasteiger partial charge in [0.25, 0.3) is 0 Å². The third-order valence-electron chi connectivity index (χ3n) is 3.95. The lowest BCUT2D eigenvalue weighted by atomic mass is 9.96. The summed E-state index contributed by atoms with van der Waals surface area (Å²) in [5.41, 5.74) is -0.341. The van der Waals surface area contributed by atoms with E-state index in [1.54, 1.807) is 24.3 Å². The Kier molecular flexibility index (Phi) is 7.12. The van der Waals surface area contributed by atoms with Gasteiger partial charge in [-0.2, -0.15) is 13.2 Å². The topological polar surface area (TPSA) is 59.1 Å². The van der Waals surface area contributed by atoms with Gasteiger partial charge in [-0.25, -0.2) is 4.79 Å². The van der Waals surface area contributed by atoms with Crippen LogP contribution in [0, 0.1) is 0 Å². The lowest BCUT2D eigenvalue weighted by Gasteiger charge is -2.30. The molecule has 2 rings (SSSR count). The number of ketones is 1. The summed E-state index contributed by atoms with van der Waals surface area (Å²) in [6.07, 6.45) is -1.59. The van der Waals surface area contributed by atoms with E-state index in [9.17, 15) is 22.8 Å². The van der Waals surface area contributed by atoms with Crippen molar-refractivity contribution in [1.29, 1.82) is 0 Å². The molecular formula is C19H18BrF3N2O4. The van der Waals surface area contributed by atoms with Gasteiger partial charge in [-0.3, -0.25) is 8.72 Å². The van der Waals surface area contributed by atoms with Crippen LogP contribution < -0.4 is 0 Å². The van der Waals surface area contributed by atoms with Crippen molar-refractivity contribution in [1.82, 2.24) is 8.83 Å². The van der Waals surface area contributed by atoms with E-state index in [0.29, 0.717) is 15.1 Å². The van der Waals surface area contributed by atoms with Crippen LogP contribution in [-0.4, -0.2) is 48.0 Å². The maximum atomic E-state index is 13.2. The van der Waals surface area contributed by atoms with E-state index in [2.05, 4.69) is 16.1 Å². The Hall–Kier alpha value is -2.75. The Bertz CT molecular complexity index is 894. The zero-order valence-electron chi connectivity index (χ0n) is 15.8. The number of alkyl halides is 3. The first-order valence-corrected chi connectivity index (χ1v) is 8.92. The fourth-order valence-corrected chi connectivity index (χ4v) is 3.25. The first-order chi connectivity index (χ1) is 13.6. The van der Waals surface area contributed by atoms with Gasteiger partial charge in [-0.1, -0.05) is 24.3 Å². The number of methoxy groups -OCH3 is 2. The average Bonchev–Trinajstić information content (AvgIpc) is 2.66. The molecule has 29 heavy (non-hydrogen) atoms. The van der Waals surface area contributed by atoms with Gasteiger partial charge in [0.2, 0.25) is 0 Å². The first kappa shape index (κ1) is 22.5. The summed E-state index contributed by atoms with van der Waals surface area (Å²) in [7, 11) is 3.95. The molecule has 0 unspecified atom stereocenters. The third-order valence-corrected chi connectivity index (χ3v) is 4.71. The molecule has 0 N–H and O–H groups in total. The second kappa shape index (κ2) is 9.17. The van der Waals surface area contributed by atoms with Crippen molar-refractivity contribution in [3.63, 3.8) is 0 Å². The molecule has 0 fully saturated rings. The molecule has 0 bridgehead atoms. The highest BCUT2D eigenvalue weighted by atomic mass is 79.9. The Morgan fingerprint density at radius 1 is 1.17 bits per heavy atom. The van der Waals surface area contributed by atoms with Gasteiger partial charge in [-0.15, -0.1) is 0 Å². The van der Waals surface area contributed by atoms with E-state index >= 15 is 0 Å². The molecule has 156 valence electrons. The molecule has 0 amide bonds. The molecule has 1 aromatic carbocycles. The molecule has 0 saturated carbocycles. The standard InChI is InChI=1S/C19H18BrF3N2O4/c1-24-9-15(25(20)17(10-24)19(21,22)23)16(26)8-12-6-4-5-7-13(12)14(11-28-2)18(27)29-3/h4-7,9-11H,8H2,1-3H3. The lowest BCUT2D eigenvalue weighted by molar-refractivity contribution is -0.133. The number of carbonyl (C=O) groups excluding carboxylic acids is 2. The number of halogens is 4. The smallest absolute Gasteiger partial charge is 0.433 e. The van der Waals surface area contributed by atoms with E-state index < -0.39 is 23.6 Å².